The standard InChI is InChI=1S/C13H13Cl2N3O2S2/c1-2-3-6-22(20)13-18-17-12(21-13)16-11(19)9-5-4-8(14)7-10(9)15/h4-5,7H,2-3,6H2,1H3,(H,16,17,19)/t22-/m0/s1. The maximum atomic E-state index is 12.1. The first-order chi connectivity index (χ1) is 10.5. The molecule has 2 aromatic rings. The summed E-state index contributed by atoms with van der Waals surface area (Å²) in [6, 6.07) is 4.60. The third-order valence-electron chi connectivity index (χ3n) is 2.68. The fourth-order valence-electron chi connectivity index (χ4n) is 1.55. The maximum Gasteiger partial charge on any atom is 0.259 e. The van der Waals surface area contributed by atoms with Gasteiger partial charge in [0.05, 0.1) is 21.4 Å². The van der Waals surface area contributed by atoms with E-state index in [1.165, 1.54) is 12.1 Å². The van der Waals surface area contributed by atoms with Crippen LogP contribution >= 0.6 is 34.5 Å². The van der Waals surface area contributed by atoms with Crippen LogP contribution in [0.5, 0.6) is 0 Å². The van der Waals surface area contributed by atoms with Crippen LogP contribution < -0.4 is 5.32 Å². The molecule has 2 rings (SSSR count). The molecule has 0 unspecified atom stereocenters. The van der Waals surface area contributed by atoms with Crippen molar-refractivity contribution in [3.05, 3.63) is 33.8 Å². The number of hydrogen-bond donors (Lipinski definition) is 1. The van der Waals surface area contributed by atoms with Gasteiger partial charge < -0.3 is 0 Å². The van der Waals surface area contributed by atoms with Gasteiger partial charge in [-0.05, 0) is 24.6 Å². The zero-order valence-corrected chi connectivity index (χ0v) is 14.8. The van der Waals surface area contributed by atoms with Crippen molar-refractivity contribution in [1.82, 2.24) is 10.2 Å². The second-order valence-electron chi connectivity index (χ2n) is 4.35. The maximum absolute atomic E-state index is 12.1. The van der Waals surface area contributed by atoms with E-state index in [1.807, 2.05) is 6.92 Å². The number of carbonyl (C=O) groups excluding carboxylic acids is 1. The number of halogens is 2. The molecule has 1 aromatic heterocycles. The van der Waals surface area contributed by atoms with Crippen LogP contribution in [0.15, 0.2) is 22.5 Å². The van der Waals surface area contributed by atoms with Crippen molar-refractivity contribution in [3.63, 3.8) is 0 Å². The molecule has 0 radical (unpaired) electrons. The third-order valence-corrected chi connectivity index (χ3v) is 5.80. The Kier molecular flexibility index (Phi) is 6.31. The van der Waals surface area contributed by atoms with Gasteiger partial charge in [0.25, 0.3) is 5.91 Å². The fraction of sp³-hybridized carbons (Fsp3) is 0.308. The molecule has 1 atom stereocenters. The van der Waals surface area contributed by atoms with E-state index in [4.69, 9.17) is 23.2 Å². The number of nitrogens with zero attached hydrogens (tertiary/aromatic N) is 2. The van der Waals surface area contributed by atoms with E-state index in [0.717, 1.165) is 24.2 Å². The Labute approximate surface area is 144 Å². The van der Waals surface area contributed by atoms with Gasteiger partial charge in [0.15, 0.2) is 0 Å². The van der Waals surface area contributed by atoms with E-state index in [9.17, 15) is 9.00 Å². The van der Waals surface area contributed by atoms with Gasteiger partial charge in [-0.3, -0.25) is 14.3 Å². The molecule has 0 saturated carbocycles. The van der Waals surface area contributed by atoms with E-state index >= 15 is 0 Å². The zero-order chi connectivity index (χ0) is 16.1. The Morgan fingerprint density at radius 1 is 1.36 bits per heavy atom. The first-order valence-corrected chi connectivity index (χ1v) is 9.38. The summed E-state index contributed by atoms with van der Waals surface area (Å²) < 4.78 is 12.3. The number of carbonyl (C=O) groups is 1. The number of benzene rings is 1. The lowest BCUT2D eigenvalue weighted by Crippen LogP contribution is -2.12. The minimum atomic E-state index is -1.18. The lowest BCUT2D eigenvalue weighted by Gasteiger charge is -2.03. The monoisotopic (exact) mass is 377 g/mol. The smallest absolute Gasteiger partial charge is 0.259 e. The van der Waals surface area contributed by atoms with Gasteiger partial charge in [-0.15, -0.1) is 10.2 Å². The lowest BCUT2D eigenvalue weighted by atomic mass is 10.2. The second kappa shape index (κ2) is 8.01. The molecule has 0 bridgehead atoms. The number of rotatable bonds is 6. The molecule has 1 N–H and O–H groups in total. The van der Waals surface area contributed by atoms with Gasteiger partial charge in [0.1, 0.15) is 0 Å². The summed E-state index contributed by atoms with van der Waals surface area (Å²) in [5, 5.41) is 11.3. The largest absolute Gasteiger partial charge is 0.296 e. The summed E-state index contributed by atoms with van der Waals surface area (Å²) in [5.74, 6) is 0.131. The molecular weight excluding hydrogens is 365 g/mol. The second-order valence-corrected chi connectivity index (χ2v) is 7.92. The van der Waals surface area contributed by atoms with Crippen LogP contribution in [-0.4, -0.2) is 26.1 Å². The molecular formula is C13H13Cl2N3O2S2. The summed E-state index contributed by atoms with van der Waals surface area (Å²) in [6.45, 7) is 2.03. The SMILES string of the molecule is CCCC[S@](=O)c1nnc(NC(=O)c2ccc(Cl)cc2Cl)s1. The summed E-state index contributed by atoms with van der Waals surface area (Å²) in [7, 11) is -1.18. The highest BCUT2D eigenvalue weighted by Gasteiger charge is 2.15. The fourth-order valence-corrected chi connectivity index (χ4v) is 4.24. The van der Waals surface area contributed by atoms with Crippen LogP contribution in [0.2, 0.25) is 10.0 Å². The highest BCUT2D eigenvalue weighted by atomic mass is 35.5. The van der Waals surface area contributed by atoms with Crippen LogP contribution in [0, 0.1) is 0 Å². The van der Waals surface area contributed by atoms with Crippen LogP contribution in [0.4, 0.5) is 5.13 Å². The number of hydrogen-bond acceptors (Lipinski definition) is 5. The van der Waals surface area contributed by atoms with Gasteiger partial charge in [0, 0.05) is 10.8 Å². The first kappa shape index (κ1) is 17.3. The number of anilines is 1. The zero-order valence-electron chi connectivity index (χ0n) is 11.6. The van der Waals surface area contributed by atoms with E-state index in [1.54, 1.807) is 6.07 Å². The molecule has 1 amide bonds. The predicted octanol–water partition coefficient (Wildman–Crippen LogP) is 4.00. The van der Waals surface area contributed by atoms with Crippen molar-refractivity contribution in [2.24, 2.45) is 0 Å². The van der Waals surface area contributed by atoms with E-state index in [-0.39, 0.29) is 15.7 Å². The molecule has 0 fully saturated rings. The molecule has 1 aromatic carbocycles. The number of amides is 1. The van der Waals surface area contributed by atoms with Crippen molar-refractivity contribution < 1.29 is 9.00 Å². The molecule has 1 heterocycles. The lowest BCUT2D eigenvalue weighted by molar-refractivity contribution is 0.102. The van der Waals surface area contributed by atoms with Gasteiger partial charge in [-0.2, -0.15) is 0 Å². The van der Waals surface area contributed by atoms with Crippen LogP contribution in [-0.2, 0) is 10.8 Å². The van der Waals surface area contributed by atoms with Gasteiger partial charge in [0.2, 0.25) is 9.47 Å². The minimum absolute atomic E-state index is 0.251. The van der Waals surface area contributed by atoms with Crippen molar-refractivity contribution >= 4 is 56.4 Å². The molecule has 0 saturated heterocycles. The highest BCUT2D eigenvalue weighted by Crippen LogP contribution is 2.24. The van der Waals surface area contributed by atoms with Crippen molar-refractivity contribution in [2.75, 3.05) is 11.1 Å². The molecule has 0 spiro atoms. The van der Waals surface area contributed by atoms with Gasteiger partial charge in [-0.1, -0.05) is 47.9 Å². The molecule has 9 heteroatoms. The quantitative estimate of drug-likeness (QED) is 0.771. The van der Waals surface area contributed by atoms with E-state index in [2.05, 4.69) is 15.5 Å². The normalized spacial score (nSPS) is 12.1. The Hall–Kier alpha value is -1.02. The molecule has 118 valence electrons. The van der Waals surface area contributed by atoms with Crippen LogP contribution in [0.25, 0.3) is 0 Å². The third kappa shape index (κ3) is 4.49. The molecule has 0 aliphatic carbocycles. The minimum Gasteiger partial charge on any atom is -0.296 e. The number of nitrogens with one attached hydrogen (secondary N) is 1. The summed E-state index contributed by atoms with van der Waals surface area (Å²) in [5.41, 5.74) is 0.287. The first-order valence-electron chi connectivity index (χ1n) is 6.49. The van der Waals surface area contributed by atoms with Crippen molar-refractivity contribution in [1.29, 1.82) is 0 Å². The molecule has 5 nitrogen and oxygen atoms in total. The Bertz CT molecular complexity index is 706. The van der Waals surface area contributed by atoms with Gasteiger partial charge in [-0.25, -0.2) is 0 Å². The Balaban J connectivity index is 2.06. The van der Waals surface area contributed by atoms with Gasteiger partial charge >= 0.3 is 0 Å². The average molecular weight is 378 g/mol. The summed E-state index contributed by atoms with van der Waals surface area (Å²) in [4.78, 5) is 12.1. The average Bonchev–Trinajstić information content (AvgIpc) is 2.93. The van der Waals surface area contributed by atoms with E-state index < -0.39 is 16.7 Å². The van der Waals surface area contributed by atoms with Crippen molar-refractivity contribution in [3.8, 4) is 0 Å². The Morgan fingerprint density at radius 3 is 2.82 bits per heavy atom. The molecule has 22 heavy (non-hydrogen) atoms. The number of unbranched alkanes of at least 4 members (excludes halogenated alkanes) is 1. The Morgan fingerprint density at radius 2 is 2.14 bits per heavy atom. The predicted molar refractivity (Wildman–Crippen MR) is 90.5 cm³/mol. The van der Waals surface area contributed by atoms with Crippen molar-refractivity contribution in [2.45, 2.75) is 24.1 Å². The number of aromatic nitrogens is 2. The van der Waals surface area contributed by atoms with E-state index in [0.29, 0.717) is 15.1 Å². The highest BCUT2D eigenvalue weighted by molar-refractivity contribution is 7.87. The summed E-state index contributed by atoms with van der Waals surface area (Å²) >= 11 is 12.9. The molecule has 0 aliphatic heterocycles. The molecule has 0 aliphatic rings. The van der Waals surface area contributed by atoms with Crippen LogP contribution in [0.3, 0.4) is 0 Å². The topological polar surface area (TPSA) is 72.0 Å². The summed E-state index contributed by atoms with van der Waals surface area (Å²) in [6.07, 6.45) is 1.82. The van der Waals surface area contributed by atoms with Crippen LogP contribution in [0.1, 0.15) is 30.1 Å².